The molecule has 2 atom stereocenters. The van der Waals surface area contributed by atoms with Crippen LogP contribution in [0.4, 0.5) is 4.79 Å². The first-order chi connectivity index (χ1) is 9.60. The Bertz CT molecular complexity index is 206. The third kappa shape index (κ3) is 12.3. The molecule has 0 fully saturated rings. The Morgan fingerprint density at radius 3 is 1.55 bits per heavy atom. The molecular formula is C17H34O3. The van der Waals surface area contributed by atoms with Crippen molar-refractivity contribution in [1.82, 2.24) is 0 Å². The van der Waals surface area contributed by atoms with Gasteiger partial charge in [-0.05, 0) is 24.7 Å². The van der Waals surface area contributed by atoms with Gasteiger partial charge in [0.1, 0.15) is 0 Å². The summed E-state index contributed by atoms with van der Waals surface area (Å²) < 4.78 is 10.3. The molecule has 0 aromatic rings. The molecule has 120 valence electrons. The molecule has 3 nitrogen and oxygen atoms in total. The molecule has 0 saturated heterocycles. The smallest absolute Gasteiger partial charge is 0.434 e. The first-order valence-corrected chi connectivity index (χ1v) is 8.39. The summed E-state index contributed by atoms with van der Waals surface area (Å²) in [7, 11) is 0. The Kier molecular flexibility index (Phi) is 12.8. The van der Waals surface area contributed by atoms with Crippen molar-refractivity contribution in [1.29, 1.82) is 0 Å². The van der Waals surface area contributed by atoms with Crippen LogP contribution in [-0.2, 0) is 9.47 Å². The maximum Gasteiger partial charge on any atom is 0.508 e. The number of unbranched alkanes of at least 4 members (excludes halogenated alkanes) is 4. The van der Waals surface area contributed by atoms with E-state index in [4.69, 9.17) is 9.47 Å². The van der Waals surface area contributed by atoms with Gasteiger partial charge in [0.15, 0.2) is 0 Å². The van der Waals surface area contributed by atoms with Gasteiger partial charge in [0, 0.05) is 0 Å². The van der Waals surface area contributed by atoms with Crippen molar-refractivity contribution in [2.45, 2.75) is 79.1 Å². The zero-order valence-corrected chi connectivity index (χ0v) is 14.0. The summed E-state index contributed by atoms with van der Waals surface area (Å²) in [5, 5.41) is 0. The zero-order chi connectivity index (χ0) is 15.2. The highest BCUT2D eigenvalue weighted by Crippen LogP contribution is 2.11. The van der Waals surface area contributed by atoms with Crippen molar-refractivity contribution < 1.29 is 14.3 Å². The van der Waals surface area contributed by atoms with Gasteiger partial charge in [-0.1, -0.05) is 66.2 Å². The van der Waals surface area contributed by atoms with E-state index in [0.717, 1.165) is 12.8 Å². The van der Waals surface area contributed by atoms with Crippen LogP contribution in [-0.4, -0.2) is 19.4 Å². The molecule has 0 rings (SSSR count). The molecule has 2 unspecified atom stereocenters. The topological polar surface area (TPSA) is 35.5 Å². The molecular weight excluding hydrogens is 252 g/mol. The molecule has 0 bridgehead atoms. The van der Waals surface area contributed by atoms with Gasteiger partial charge in [-0.2, -0.15) is 0 Å². The molecule has 3 heteroatoms. The summed E-state index contributed by atoms with van der Waals surface area (Å²) in [5.74, 6) is 0.854. The lowest BCUT2D eigenvalue weighted by Crippen LogP contribution is -2.16. The van der Waals surface area contributed by atoms with Crippen LogP contribution in [0.15, 0.2) is 0 Å². The second-order valence-corrected chi connectivity index (χ2v) is 6.07. The third-order valence-electron chi connectivity index (χ3n) is 3.57. The fraction of sp³-hybridized carbons (Fsp3) is 0.941. The van der Waals surface area contributed by atoms with Gasteiger partial charge in [0.2, 0.25) is 0 Å². The predicted molar refractivity (Wildman–Crippen MR) is 83.9 cm³/mol. The van der Waals surface area contributed by atoms with E-state index in [9.17, 15) is 4.79 Å². The van der Waals surface area contributed by atoms with Crippen LogP contribution in [0.2, 0.25) is 0 Å². The minimum Gasteiger partial charge on any atom is -0.434 e. The summed E-state index contributed by atoms with van der Waals surface area (Å²) in [6.07, 6.45) is 9.12. The van der Waals surface area contributed by atoms with Crippen molar-refractivity contribution in [2.75, 3.05) is 13.2 Å². The third-order valence-corrected chi connectivity index (χ3v) is 3.57. The normalized spacial score (nSPS) is 13.8. The summed E-state index contributed by atoms with van der Waals surface area (Å²) in [4.78, 5) is 11.5. The number of carbonyl (C=O) groups is 1. The van der Waals surface area contributed by atoms with Gasteiger partial charge in [-0.3, -0.25) is 0 Å². The lowest BCUT2D eigenvalue weighted by molar-refractivity contribution is 0.0356. The Labute approximate surface area is 125 Å². The van der Waals surface area contributed by atoms with E-state index >= 15 is 0 Å². The maximum atomic E-state index is 11.5. The number of ether oxygens (including phenoxy) is 2. The van der Waals surface area contributed by atoms with E-state index in [1.54, 1.807) is 0 Å². The summed E-state index contributed by atoms with van der Waals surface area (Å²) in [6, 6.07) is 0. The van der Waals surface area contributed by atoms with Crippen molar-refractivity contribution in [3.8, 4) is 0 Å². The average molecular weight is 286 g/mol. The van der Waals surface area contributed by atoms with Crippen molar-refractivity contribution in [3.63, 3.8) is 0 Å². The summed E-state index contributed by atoms with van der Waals surface area (Å²) in [6.45, 7) is 9.59. The average Bonchev–Trinajstić information content (AvgIpc) is 2.43. The largest absolute Gasteiger partial charge is 0.508 e. The van der Waals surface area contributed by atoms with Gasteiger partial charge >= 0.3 is 6.16 Å². The first-order valence-electron chi connectivity index (χ1n) is 8.39. The molecule has 0 spiro atoms. The molecule has 0 aromatic heterocycles. The molecule has 0 radical (unpaired) electrons. The number of carbonyl (C=O) groups excluding carboxylic acids is 1. The van der Waals surface area contributed by atoms with Crippen molar-refractivity contribution in [2.24, 2.45) is 11.8 Å². The maximum absolute atomic E-state index is 11.5. The lowest BCUT2D eigenvalue weighted by atomic mass is 10.0. The standard InChI is InChI=1S/C17H34O3/c1-5-7-9-11-15(3)13-19-17(18)20-14-16(4)12-10-8-6-2/h15-16H,5-14H2,1-4H3. The number of rotatable bonds is 12. The van der Waals surface area contributed by atoms with Crippen LogP contribution in [0.5, 0.6) is 0 Å². The fourth-order valence-electron chi connectivity index (χ4n) is 2.11. The van der Waals surface area contributed by atoms with Crippen LogP contribution in [0.25, 0.3) is 0 Å². The van der Waals surface area contributed by atoms with Crippen LogP contribution in [0.1, 0.15) is 79.1 Å². The minimum absolute atomic E-state index is 0.427. The van der Waals surface area contributed by atoms with Crippen LogP contribution in [0.3, 0.4) is 0 Å². The highest BCUT2D eigenvalue weighted by atomic mass is 16.7. The summed E-state index contributed by atoms with van der Waals surface area (Å²) in [5.41, 5.74) is 0. The monoisotopic (exact) mass is 286 g/mol. The number of hydrogen-bond donors (Lipinski definition) is 0. The molecule has 0 aromatic carbocycles. The molecule has 0 aliphatic rings. The molecule has 0 amide bonds. The Morgan fingerprint density at radius 1 is 0.800 bits per heavy atom. The molecule has 0 N–H and O–H groups in total. The van der Waals surface area contributed by atoms with Crippen LogP contribution in [0, 0.1) is 11.8 Å². The predicted octanol–water partition coefficient (Wildman–Crippen LogP) is 5.57. The molecule has 0 heterocycles. The van der Waals surface area contributed by atoms with Crippen LogP contribution >= 0.6 is 0 Å². The van der Waals surface area contributed by atoms with E-state index in [1.807, 2.05) is 0 Å². The second kappa shape index (κ2) is 13.3. The van der Waals surface area contributed by atoms with E-state index in [-0.39, 0.29) is 0 Å². The fourth-order valence-corrected chi connectivity index (χ4v) is 2.11. The minimum atomic E-state index is -0.505. The molecule has 0 aliphatic carbocycles. The second-order valence-electron chi connectivity index (χ2n) is 6.07. The highest BCUT2D eigenvalue weighted by Gasteiger charge is 2.10. The number of hydrogen-bond acceptors (Lipinski definition) is 3. The Hall–Kier alpha value is -0.730. The first kappa shape index (κ1) is 19.3. The van der Waals surface area contributed by atoms with E-state index in [1.165, 1.54) is 38.5 Å². The molecule has 20 heavy (non-hydrogen) atoms. The quantitative estimate of drug-likeness (QED) is 0.347. The van der Waals surface area contributed by atoms with Gasteiger partial charge in [0.05, 0.1) is 13.2 Å². The van der Waals surface area contributed by atoms with Crippen molar-refractivity contribution >= 4 is 6.16 Å². The summed E-state index contributed by atoms with van der Waals surface area (Å²) >= 11 is 0. The molecule has 0 saturated carbocycles. The zero-order valence-electron chi connectivity index (χ0n) is 14.0. The van der Waals surface area contributed by atoms with Gasteiger partial charge in [-0.25, -0.2) is 4.79 Å². The lowest BCUT2D eigenvalue weighted by Gasteiger charge is -2.14. The van der Waals surface area contributed by atoms with E-state index in [0.29, 0.717) is 25.0 Å². The molecule has 0 aliphatic heterocycles. The Balaban J connectivity index is 3.52. The Morgan fingerprint density at radius 2 is 1.20 bits per heavy atom. The van der Waals surface area contributed by atoms with Gasteiger partial charge in [-0.15, -0.1) is 0 Å². The van der Waals surface area contributed by atoms with Gasteiger partial charge < -0.3 is 9.47 Å². The van der Waals surface area contributed by atoms with Crippen LogP contribution < -0.4 is 0 Å². The SMILES string of the molecule is CCCCCC(C)COC(=O)OCC(C)CCCCC. The van der Waals surface area contributed by atoms with Crippen molar-refractivity contribution in [3.05, 3.63) is 0 Å². The highest BCUT2D eigenvalue weighted by molar-refractivity contribution is 5.59. The van der Waals surface area contributed by atoms with E-state index in [2.05, 4.69) is 27.7 Å². The van der Waals surface area contributed by atoms with Gasteiger partial charge in [0.25, 0.3) is 0 Å². The van der Waals surface area contributed by atoms with E-state index < -0.39 is 6.16 Å².